The van der Waals surface area contributed by atoms with E-state index in [2.05, 4.69) is 0 Å². The Hall–Kier alpha value is -0.175. The van der Waals surface area contributed by atoms with Crippen LogP contribution in [0.1, 0.15) is 0 Å². The van der Waals surface area contributed by atoms with Crippen molar-refractivity contribution in [2.24, 2.45) is 0 Å². The third-order valence-electron chi connectivity index (χ3n) is 1.94. The van der Waals surface area contributed by atoms with Crippen molar-refractivity contribution >= 4 is 56.6 Å². The molecule has 2 rings (SSSR count). The van der Waals surface area contributed by atoms with Crippen molar-refractivity contribution in [2.45, 2.75) is 0 Å². The first-order valence-corrected chi connectivity index (χ1v) is 5.78. The Labute approximate surface area is 97.7 Å². The zero-order valence-corrected chi connectivity index (χ0v) is 9.84. The summed E-state index contributed by atoms with van der Waals surface area (Å²) in [6, 6.07) is 2.85. The van der Waals surface area contributed by atoms with E-state index in [0.29, 0.717) is 8.96 Å². The van der Waals surface area contributed by atoms with E-state index in [0.717, 1.165) is 4.70 Å². The first-order valence-electron chi connectivity index (χ1n) is 3.82. The summed E-state index contributed by atoms with van der Waals surface area (Å²) in [5.74, 6) is -0.412. The lowest BCUT2D eigenvalue weighted by atomic mass is 9.80. The van der Waals surface area contributed by atoms with E-state index in [1.165, 1.54) is 17.4 Å². The van der Waals surface area contributed by atoms with Crippen LogP contribution in [0.3, 0.4) is 0 Å². The van der Waals surface area contributed by atoms with Gasteiger partial charge in [-0.25, -0.2) is 4.39 Å². The molecule has 0 saturated heterocycles. The van der Waals surface area contributed by atoms with Crippen molar-refractivity contribution in [3.05, 3.63) is 26.9 Å². The molecule has 2 aromatic rings. The number of hydrogen-bond donors (Lipinski definition) is 2. The SMILES string of the molecule is OB(O)c1cc(F)c2ccsc2c1I. The molecule has 6 heteroatoms. The minimum absolute atomic E-state index is 0.220. The summed E-state index contributed by atoms with van der Waals surface area (Å²) < 4.78 is 14.9. The summed E-state index contributed by atoms with van der Waals surface area (Å²) >= 11 is 3.38. The predicted molar refractivity (Wildman–Crippen MR) is 64.3 cm³/mol. The van der Waals surface area contributed by atoms with Crippen molar-refractivity contribution in [3.8, 4) is 0 Å². The third kappa shape index (κ3) is 1.56. The van der Waals surface area contributed by atoms with Gasteiger partial charge in [-0.3, -0.25) is 0 Å². The van der Waals surface area contributed by atoms with Gasteiger partial charge in [-0.05, 0) is 45.6 Å². The number of benzene rings is 1. The summed E-state index contributed by atoms with van der Waals surface area (Å²) in [4.78, 5) is 0. The van der Waals surface area contributed by atoms with Gasteiger partial charge in [-0.1, -0.05) is 0 Å². The fourth-order valence-electron chi connectivity index (χ4n) is 1.26. The largest absolute Gasteiger partial charge is 0.489 e. The molecule has 2 N–H and O–H groups in total. The predicted octanol–water partition coefficient (Wildman–Crippen LogP) is 1.32. The van der Waals surface area contributed by atoms with E-state index in [4.69, 9.17) is 10.0 Å². The molecule has 0 aliphatic rings. The topological polar surface area (TPSA) is 40.5 Å². The van der Waals surface area contributed by atoms with Crippen LogP contribution >= 0.6 is 33.9 Å². The highest BCUT2D eigenvalue weighted by Crippen LogP contribution is 2.27. The van der Waals surface area contributed by atoms with Crippen LogP contribution in [0.2, 0.25) is 0 Å². The van der Waals surface area contributed by atoms with Crippen molar-refractivity contribution < 1.29 is 14.4 Å². The second-order valence-corrected chi connectivity index (χ2v) is 4.79. The summed E-state index contributed by atoms with van der Waals surface area (Å²) in [5.41, 5.74) is 0.220. The van der Waals surface area contributed by atoms with Crippen LogP contribution in [0.5, 0.6) is 0 Å². The smallest absolute Gasteiger partial charge is 0.423 e. The van der Waals surface area contributed by atoms with E-state index in [1.807, 2.05) is 22.6 Å². The lowest BCUT2D eigenvalue weighted by Gasteiger charge is -2.04. The first-order chi connectivity index (χ1) is 6.61. The van der Waals surface area contributed by atoms with Gasteiger partial charge in [0.15, 0.2) is 0 Å². The van der Waals surface area contributed by atoms with Crippen molar-refractivity contribution in [3.63, 3.8) is 0 Å². The standard InChI is InChI=1S/C8H5BFIO2S/c10-6-3-5(9(12)13)7(11)8-4(6)1-2-14-8/h1-3,12-13H. The summed E-state index contributed by atoms with van der Waals surface area (Å²) in [7, 11) is -1.62. The van der Waals surface area contributed by atoms with Gasteiger partial charge >= 0.3 is 7.12 Å². The molecule has 0 atom stereocenters. The number of thiophene rings is 1. The molecule has 0 saturated carbocycles. The van der Waals surface area contributed by atoms with Gasteiger partial charge in [0.2, 0.25) is 0 Å². The highest BCUT2D eigenvalue weighted by Gasteiger charge is 2.19. The molecule has 72 valence electrons. The molecular weight excluding hydrogens is 317 g/mol. The maximum absolute atomic E-state index is 13.4. The second kappa shape index (κ2) is 3.76. The molecule has 0 spiro atoms. The third-order valence-corrected chi connectivity index (χ3v) is 4.40. The average molecular weight is 322 g/mol. The molecule has 1 heterocycles. The van der Waals surface area contributed by atoms with Gasteiger partial charge in [0.25, 0.3) is 0 Å². The van der Waals surface area contributed by atoms with Crippen molar-refractivity contribution in [1.82, 2.24) is 0 Å². The zero-order valence-electron chi connectivity index (χ0n) is 6.87. The lowest BCUT2D eigenvalue weighted by Crippen LogP contribution is -2.32. The first kappa shape index (κ1) is 10.3. The molecule has 0 bridgehead atoms. The van der Waals surface area contributed by atoms with E-state index in [9.17, 15) is 4.39 Å². The number of halogens is 2. The Morgan fingerprint density at radius 3 is 2.79 bits per heavy atom. The summed E-state index contributed by atoms with van der Waals surface area (Å²) in [6.45, 7) is 0. The zero-order chi connectivity index (χ0) is 10.3. The molecule has 2 nitrogen and oxygen atoms in total. The minimum atomic E-state index is -1.62. The maximum Gasteiger partial charge on any atom is 0.489 e. The van der Waals surface area contributed by atoms with Crippen LogP contribution in [0.25, 0.3) is 10.1 Å². The summed E-state index contributed by atoms with van der Waals surface area (Å²) in [5, 5.41) is 20.3. The highest BCUT2D eigenvalue weighted by atomic mass is 127. The normalized spacial score (nSPS) is 10.9. The molecule has 0 radical (unpaired) electrons. The fraction of sp³-hybridized carbons (Fsp3) is 0. The van der Waals surface area contributed by atoms with Gasteiger partial charge in [0, 0.05) is 8.96 Å². The van der Waals surface area contributed by atoms with Crippen LogP contribution in [0.4, 0.5) is 4.39 Å². The van der Waals surface area contributed by atoms with Gasteiger partial charge in [-0.15, -0.1) is 11.3 Å². The van der Waals surface area contributed by atoms with Gasteiger partial charge in [0.1, 0.15) is 5.82 Å². The highest BCUT2D eigenvalue weighted by molar-refractivity contribution is 14.1. The van der Waals surface area contributed by atoms with Crippen LogP contribution in [0, 0.1) is 9.39 Å². The monoisotopic (exact) mass is 322 g/mol. The fourth-order valence-corrected chi connectivity index (χ4v) is 3.22. The number of rotatable bonds is 1. The van der Waals surface area contributed by atoms with E-state index < -0.39 is 12.9 Å². The number of fused-ring (bicyclic) bond motifs is 1. The second-order valence-electron chi connectivity index (χ2n) is 2.80. The summed E-state index contributed by atoms with van der Waals surface area (Å²) in [6.07, 6.45) is 0. The average Bonchev–Trinajstić information content (AvgIpc) is 2.59. The molecule has 0 fully saturated rings. The van der Waals surface area contributed by atoms with E-state index in [1.54, 1.807) is 11.4 Å². The van der Waals surface area contributed by atoms with Gasteiger partial charge in [-0.2, -0.15) is 0 Å². The van der Waals surface area contributed by atoms with Crippen LogP contribution in [-0.2, 0) is 0 Å². The van der Waals surface area contributed by atoms with Crippen molar-refractivity contribution in [1.29, 1.82) is 0 Å². The molecule has 0 aliphatic heterocycles. The minimum Gasteiger partial charge on any atom is -0.423 e. The van der Waals surface area contributed by atoms with Crippen molar-refractivity contribution in [2.75, 3.05) is 0 Å². The Morgan fingerprint density at radius 1 is 1.43 bits per heavy atom. The molecule has 1 aromatic heterocycles. The quantitative estimate of drug-likeness (QED) is 0.614. The molecule has 14 heavy (non-hydrogen) atoms. The molecular formula is C8H5BFIO2S. The Balaban J connectivity index is 2.82. The van der Waals surface area contributed by atoms with E-state index >= 15 is 0 Å². The Bertz CT molecular complexity index is 485. The Morgan fingerprint density at radius 2 is 2.14 bits per heavy atom. The number of hydrogen-bond acceptors (Lipinski definition) is 3. The molecule has 0 aliphatic carbocycles. The van der Waals surface area contributed by atoms with Crippen LogP contribution in [-0.4, -0.2) is 17.2 Å². The molecule has 1 aromatic carbocycles. The molecule has 0 amide bonds. The Kier molecular flexibility index (Phi) is 2.78. The van der Waals surface area contributed by atoms with Gasteiger partial charge in [0.05, 0.1) is 4.70 Å². The van der Waals surface area contributed by atoms with Crippen LogP contribution in [0.15, 0.2) is 17.5 Å². The maximum atomic E-state index is 13.4. The van der Waals surface area contributed by atoms with E-state index in [-0.39, 0.29) is 5.46 Å². The van der Waals surface area contributed by atoms with Crippen LogP contribution < -0.4 is 5.46 Å². The molecule has 0 unspecified atom stereocenters. The lowest BCUT2D eigenvalue weighted by molar-refractivity contribution is 0.425. The van der Waals surface area contributed by atoms with Gasteiger partial charge < -0.3 is 10.0 Å².